The quantitative estimate of drug-likeness (QED) is 0.794. The molecule has 0 aliphatic heterocycles. The number of ether oxygens (including phenoxy) is 1. The van der Waals surface area contributed by atoms with Crippen LogP contribution in [0.3, 0.4) is 0 Å². The first-order chi connectivity index (χ1) is 9.51. The lowest BCUT2D eigenvalue weighted by atomic mass is 9.99. The molecule has 1 atom stereocenters. The van der Waals surface area contributed by atoms with Gasteiger partial charge < -0.3 is 10.5 Å². The van der Waals surface area contributed by atoms with E-state index in [1.807, 2.05) is 12.1 Å². The Balaban J connectivity index is 2.20. The highest BCUT2D eigenvalue weighted by Crippen LogP contribution is 2.30. The molecule has 0 aliphatic carbocycles. The van der Waals surface area contributed by atoms with Crippen molar-refractivity contribution in [2.45, 2.75) is 33.1 Å². The minimum Gasteiger partial charge on any atom is -0.455 e. The van der Waals surface area contributed by atoms with Crippen LogP contribution in [0.15, 0.2) is 36.4 Å². The summed E-state index contributed by atoms with van der Waals surface area (Å²) >= 11 is 0. The molecule has 0 aliphatic rings. The maximum atomic E-state index is 13.3. The Morgan fingerprint density at radius 3 is 2.45 bits per heavy atom. The van der Waals surface area contributed by atoms with Crippen molar-refractivity contribution in [1.29, 1.82) is 0 Å². The number of benzene rings is 2. The van der Waals surface area contributed by atoms with Gasteiger partial charge in [0.2, 0.25) is 0 Å². The van der Waals surface area contributed by atoms with Crippen LogP contribution < -0.4 is 10.5 Å². The molecule has 106 valence electrons. The van der Waals surface area contributed by atoms with Crippen LogP contribution in [0.25, 0.3) is 0 Å². The summed E-state index contributed by atoms with van der Waals surface area (Å²) in [5, 5.41) is 0. The second kappa shape index (κ2) is 5.95. The standard InChI is InChI=1S/C17H20FNO/c1-4-11(2)13-5-7-14(8-6-13)20-17-9-12(3)15(18)10-16(17)19/h5-11H,4,19H2,1-3H3. The van der Waals surface area contributed by atoms with Crippen molar-refractivity contribution in [2.24, 2.45) is 0 Å². The van der Waals surface area contributed by atoms with E-state index in [0.29, 0.717) is 28.7 Å². The number of nitrogens with two attached hydrogens (primary N) is 1. The minimum absolute atomic E-state index is 0.305. The average Bonchev–Trinajstić information content (AvgIpc) is 2.44. The molecule has 0 spiro atoms. The van der Waals surface area contributed by atoms with Crippen molar-refractivity contribution in [3.63, 3.8) is 0 Å². The number of anilines is 1. The maximum Gasteiger partial charge on any atom is 0.150 e. The fourth-order valence-electron chi connectivity index (χ4n) is 1.99. The second-order valence-corrected chi connectivity index (χ2v) is 5.12. The number of rotatable bonds is 4. The predicted molar refractivity (Wildman–Crippen MR) is 80.8 cm³/mol. The smallest absolute Gasteiger partial charge is 0.150 e. The molecule has 0 radical (unpaired) electrons. The van der Waals surface area contributed by atoms with Crippen molar-refractivity contribution in [1.82, 2.24) is 0 Å². The van der Waals surface area contributed by atoms with Gasteiger partial charge in [-0.05, 0) is 48.6 Å². The summed E-state index contributed by atoms with van der Waals surface area (Å²) in [7, 11) is 0. The van der Waals surface area contributed by atoms with E-state index in [2.05, 4.69) is 26.0 Å². The van der Waals surface area contributed by atoms with Crippen LogP contribution in [0.2, 0.25) is 0 Å². The van der Waals surface area contributed by atoms with E-state index in [1.54, 1.807) is 13.0 Å². The highest BCUT2D eigenvalue weighted by Gasteiger charge is 2.08. The molecule has 0 bridgehead atoms. The first-order valence-corrected chi connectivity index (χ1v) is 6.84. The second-order valence-electron chi connectivity index (χ2n) is 5.12. The highest BCUT2D eigenvalue weighted by molar-refractivity contribution is 5.55. The van der Waals surface area contributed by atoms with Crippen LogP contribution in [-0.2, 0) is 0 Å². The zero-order chi connectivity index (χ0) is 14.7. The van der Waals surface area contributed by atoms with Gasteiger partial charge in [-0.25, -0.2) is 4.39 Å². The van der Waals surface area contributed by atoms with Crippen LogP contribution in [0.1, 0.15) is 37.3 Å². The fourth-order valence-corrected chi connectivity index (χ4v) is 1.99. The molecule has 0 amide bonds. The SMILES string of the molecule is CCC(C)c1ccc(Oc2cc(C)c(F)cc2N)cc1. The molecule has 0 aromatic heterocycles. The van der Waals surface area contributed by atoms with Crippen LogP contribution in [0.5, 0.6) is 11.5 Å². The predicted octanol–water partition coefficient (Wildman–Crippen LogP) is 5.02. The van der Waals surface area contributed by atoms with Gasteiger partial charge in [-0.3, -0.25) is 0 Å². The Labute approximate surface area is 119 Å². The number of hydrogen-bond acceptors (Lipinski definition) is 2. The van der Waals surface area contributed by atoms with E-state index in [4.69, 9.17) is 10.5 Å². The molecule has 2 aromatic carbocycles. The molecular formula is C17H20FNO. The molecule has 2 aromatic rings. The van der Waals surface area contributed by atoms with E-state index in [0.717, 1.165) is 6.42 Å². The van der Waals surface area contributed by atoms with Gasteiger partial charge in [0, 0.05) is 6.07 Å². The van der Waals surface area contributed by atoms with Crippen LogP contribution in [0.4, 0.5) is 10.1 Å². The Bertz CT molecular complexity index is 593. The summed E-state index contributed by atoms with van der Waals surface area (Å²) in [6.07, 6.45) is 1.10. The summed E-state index contributed by atoms with van der Waals surface area (Å²) in [6.45, 7) is 6.04. The Morgan fingerprint density at radius 2 is 1.85 bits per heavy atom. The van der Waals surface area contributed by atoms with Gasteiger partial charge in [0.25, 0.3) is 0 Å². The van der Waals surface area contributed by atoms with Crippen molar-refractivity contribution >= 4 is 5.69 Å². The third-order valence-electron chi connectivity index (χ3n) is 3.58. The number of aryl methyl sites for hydroxylation is 1. The van der Waals surface area contributed by atoms with Gasteiger partial charge in [0.1, 0.15) is 11.6 Å². The minimum atomic E-state index is -0.318. The summed E-state index contributed by atoms with van der Waals surface area (Å²) < 4.78 is 19.1. The zero-order valence-electron chi connectivity index (χ0n) is 12.1. The Kier molecular flexibility index (Phi) is 4.28. The monoisotopic (exact) mass is 273 g/mol. The van der Waals surface area contributed by atoms with Crippen molar-refractivity contribution < 1.29 is 9.13 Å². The van der Waals surface area contributed by atoms with Gasteiger partial charge in [0.05, 0.1) is 5.69 Å². The zero-order valence-corrected chi connectivity index (χ0v) is 12.1. The first-order valence-electron chi connectivity index (χ1n) is 6.84. The highest BCUT2D eigenvalue weighted by atomic mass is 19.1. The lowest BCUT2D eigenvalue weighted by Gasteiger charge is -2.12. The molecule has 2 nitrogen and oxygen atoms in total. The third kappa shape index (κ3) is 3.10. The van der Waals surface area contributed by atoms with Gasteiger partial charge in [-0.15, -0.1) is 0 Å². The van der Waals surface area contributed by atoms with E-state index in [-0.39, 0.29) is 5.82 Å². The third-order valence-corrected chi connectivity index (χ3v) is 3.58. The molecule has 3 heteroatoms. The number of halogens is 1. The molecule has 0 saturated heterocycles. The first kappa shape index (κ1) is 14.4. The van der Waals surface area contributed by atoms with Crippen LogP contribution in [0, 0.1) is 12.7 Å². The van der Waals surface area contributed by atoms with Gasteiger partial charge >= 0.3 is 0 Å². The van der Waals surface area contributed by atoms with Crippen LogP contribution >= 0.6 is 0 Å². The van der Waals surface area contributed by atoms with E-state index < -0.39 is 0 Å². The number of nitrogen functional groups attached to an aromatic ring is 1. The maximum absolute atomic E-state index is 13.3. The summed E-state index contributed by atoms with van der Waals surface area (Å²) in [4.78, 5) is 0. The summed E-state index contributed by atoms with van der Waals surface area (Å²) in [5.41, 5.74) is 7.88. The van der Waals surface area contributed by atoms with E-state index in [1.165, 1.54) is 11.6 Å². The lowest BCUT2D eigenvalue weighted by molar-refractivity contribution is 0.482. The number of hydrogen-bond donors (Lipinski definition) is 1. The van der Waals surface area contributed by atoms with E-state index in [9.17, 15) is 4.39 Å². The average molecular weight is 273 g/mol. The van der Waals surface area contributed by atoms with Crippen molar-refractivity contribution in [3.8, 4) is 11.5 Å². The molecular weight excluding hydrogens is 253 g/mol. The normalized spacial score (nSPS) is 12.2. The lowest BCUT2D eigenvalue weighted by Crippen LogP contribution is -1.96. The summed E-state index contributed by atoms with van der Waals surface area (Å²) in [6, 6.07) is 10.8. The molecule has 1 unspecified atom stereocenters. The Hall–Kier alpha value is -2.03. The van der Waals surface area contributed by atoms with Gasteiger partial charge in [0.15, 0.2) is 5.75 Å². The van der Waals surface area contributed by atoms with Crippen LogP contribution in [-0.4, -0.2) is 0 Å². The molecule has 0 saturated carbocycles. The Morgan fingerprint density at radius 1 is 1.20 bits per heavy atom. The molecule has 20 heavy (non-hydrogen) atoms. The summed E-state index contributed by atoms with van der Waals surface area (Å²) in [5.74, 6) is 1.40. The van der Waals surface area contributed by atoms with Crippen molar-refractivity contribution in [3.05, 3.63) is 53.3 Å². The molecule has 0 heterocycles. The van der Waals surface area contributed by atoms with Crippen molar-refractivity contribution in [2.75, 3.05) is 5.73 Å². The molecule has 0 fully saturated rings. The topological polar surface area (TPSA) is 35.2 Å². The van der Waals surface area contributed by atoms with Gasteiger partial charge in [-0.1, -0.05) is 26.0 Å². The fraction of sp³-hybridized carbons (Fsp3) is 0.294. The molecule has 2 rings (SSSR count). The van der Waals surface area contributed by atoms with E-state index >= 15 is 0 Å². The largest absolute Gasteiger partial charge is 0.455 e. The molecule has 2 N–H and O–H groups in total. The van der Waals surface area contributed by atoms with Gasteiger partial charge in [-0.2, -0.15) is 0 Å².